The van der Waals surface area contributed by atoms with Gasteiger partial charge in [-0.05, 0) is 30.5 Å². The third kappa shape index (κ3) is 3.99. The Labute approximate surface area is 186 Å². The lowest BCUT2D eigenvalue weighted by Crippen LogP contribution is -2.39. The van der Waals surface area contributed by atoms with E-state index < -0.39 is 23.1 Å². The number of nitrogens with zero attached hydrogens (tertiary/aromatic N) is 5. The summed E-state index contributed by atoms with van der Waals surface area (Å²) in [6, 6.07) is 13.0. The molecule has 5 rings (SSSR count). The van der Waals surface area contributed by atoms with Crippen molar-refractivity contribution in [3.05, 3.63) is 87.5 Å². The van der Waals surface area contributed by atoms with Gasteiger partial charge in [0.1, 0.15) is 23.0 Å². The molecule has 1 aliphatic heterocycles. The molecule has 33 heavy (non-hydrogen) atoms. The minimum atomic E-state index is -0.877. The predicted octanol–water partition coefficient (Wildman–Crippen LogP) is 2.86. The van der Waals surface area contributed by atoms with E-state index in [2.05, 4.69) is 20.3 Å². The molecule has 1 saturated heterocycles. The number of likely N-dealkylation sites (tertiary alicyclic amines) is 1. The van der Waals surface area contributed by atoms with Crippen LogP contribution in [-0.2, 0) is 6.54 Å². The van der Waals surface area contributed by atoms with Gasteiger partial charge in [0.25, 0.3) is 11.5 Å². The lowest BCUT2D eigenvalue weighted by Gasteiger charge is -2.31. The molecule has 0 saturated carbocycles. The molecule has 168 valence electrons. The minimum absolute atomic E-state index is 0.114. The van der Waals surface area contributed by atoms with Crippen LogP contribution in [0.3, 0.4) is 0 Å². The van der Waals surface area contributed by atoms with E-state index in [4.69, 9.17) is 0 Å². The maximum atomic E-state index is 14.0. The molecule has 2 aromatic carbocycles. The molecule has 0 atom stereocenters. The molecule has 3 heterocycles. The number of amides is 1. The van der Waals surface area contributed by atoms with Crippen LogP contribution in [0.5, 0.6) is 0 Å². The molecule has 1 fully saturated rings. The maximum Gasteiger partial charge on any atom is 0.281 e. The number of hydrogen-bond acceptors (Lipinski definition) is 5. The Hall–Kier alpha value is -3.95. The fourth-order valence-electron chi connectivity index (χ4n) is 4.16. The molecular weight excluding hydrogens is 430 g/mol. The monoisotopic (exact) mass is 450 g/mol. The first kappa shape index (κ1) is 20.9. The zero-order chi connectivity index (χ0) is 22.9. The molecule has 0 spiro atoms. The van der Waals surface area contributed by atoms with Crippen molar-refractivity contribution < 1.29 is 13.6 Å². The number of aromatic nitrogens is 5. The number of hydrogen-bond donors (Lipinski definition) is 1. The first-order valence-corrected chi connectivity index (χ1v) is 10.6. The summed E-state index contributed by atoms with van der Waals surface area (Å²) in [7, 11) is 0. The Morgan fingerprint density at radius 3 is 2.42 bits per heavy atom. The summed E-state index contributed by atoms with van der Waals surface area (Å²) in [5.74, 6) is -2.05. The van der Waals surface area contributed by atoms with E-state index in [9.17, 15) is 18.4 Å². The zero-order valence-electron chi connectivity index (χ0n) is 17.5. The Kier molecular flexibility index (Phi) is 5.41. The molecule has 0 radical (unpaired) electrons. The molecule has 0 bridgehead atoms. The van der Waals surface area contributed by atoms with Gasteiger partial charge >= 0.3 is 0 Å². The van der Waals surface area contributed by atoms with Crippen molar-refractivity contribution in [2.24, 2.45) is 0 Å². The number of nitrogens with one attached hydrogen (secondary N) is 1. The van der Waals surface area contributed by atoms with Gasteiger partial charge in [0.15, 0.2) is 11.2 Å². The molecule has 2 aromatic heterocycles. The van der Waals surface area contributed by atoms with E-state index in [1.807, 2.05) is 30.3 Å². The minimum Gasteiger partial charge on any atom is -0.338 e. The predicted molar refractivity (Wildman–Crippen MR) is 116 cm³/mol. The highest BCUT2D eigenvalue weighted by Crippen LogP contribution is 2.27. The van der Waals surface area contributed by atoms with Gasteiger partial charge in [0, 0.05) is 19.0 Å². The van der Waals surface area contributed by atoms with Crippen molar-refractivity contribution in [2.75, 3.05) is 13.1 Å². The van der Waals surface area contributed by atoms with Crippen LogP contribution >= 0.6 is 0 Å². The van der Waals surface area contributed by atoms with Gasteiger partial charge in [-0.1, -0.05) is 41.6 Å². The first-order valence-electron chi connectivity index (χ1n) is 10.6. The number of benzene rings is 2. The van der Waals surface area contributed by atoms with Crippen LogP contribution < -0.4 is 5.56 Å². The van der Waals surface area contributed by atoms with Gasteiger partial charge in [0.05, 0.1) is 6.54 Å². The van der Waals surface area contributed by atoms with Crippen molar-refractivity contribution in [3.8, 4) is 0 Å². The number of halogens is 2. The normalized spacial score (nSPS) is 14.7. The fourth-order valence-corrected chi connectivity index (χ4v) is 4.16. The number of carbonyl (C=O) groups excluding carboxylic acids is 1. The molecular formula is C23H20F2N6O2. The van der Waals surface area contributed by atoms with Crippen molar-refractivity contribution in [1.82, 2.24) is 29.9 Å². The Morgan fingerprint density at radius 2 is 1.73 bits per heavy atom. The van der Waals surface area contributed by atoms with E-state index in [0.29, 0.717) is 43.9 Å². The standard InChI is InChI=1S/C23H20F2N6O2/c24-16-7-4-8-17(25)18(16)23(33)30-11-9-15(10-12-30)20-26-21-19(22(32)27-20)28-29-31(21)13-14-5-2-1-3-6-14/h1-8,15H,9-13H2,(H,26,27,32). The van der Waals surface area contributed by atoms with Crippen molar-refractivity contribution in [3.63, 3.8) is 0 Å². The van der Waals surface area contributed by atoms with Crippen molar-refractivity contribution >= 4 is 17.1 Å². The summed E-state index contributed by atoms with van der Waals surface area (Å²) in [6.45, 7) is 1.01. The summed E-state index contributed by atoms with van der Waals surface area (Å²) in [4.78, 5) is 34.1. The van der Waals surface area contributed by atoms with Crippen LogP contribution in [0.15, 0.2) is 53.3 Å². The second-order valence-electron chi connectivity index (χ2n) is 8.02. The fraction of sp³-hybridized carbons (Fsp3) is 0.261. The Balaban J connectivity index is 1.36. The molecule has 1 aliphatic rings. The molecule has 10 heteroatoms. The summed E-state index contributed by atoms with van der Waals surface area (Å²) >= 11 is 0. The summed E-state index contributed by atoms with van der Waals surface area (Å²) in [6.07, 6.45) is 0.993. The number of H-pyrrole nitrogens is 1. The van der Waals surface area contributed by atoms with Crippen molar-refractivity contribution in [2.45, 2.75) is 25.3 Å². The smallest absolute Gasteiger partial charge is 0.281 e. The van der Waals surface area contributed by atoms with Crippen LogP contribution in [0.2, 0.25) is 0 Å². The van der Waals surface area contributed by atoms with Crippen molar-refractivity contribution in [1.29, 1.82) is 0 Å². The Morgan fingerprint density at radius 1 is 1.03 bits per heavy atom. The van der Waals surface area contributed by atoms with E-state index in [-0.39, 0.29) is 17.0 Å². The van der Waals surface area contributed by atoms with Crippen LogP contribution in [-0.4, -0.2) is 48.9 Å². The highest BCUT2D eigenvalue weighted by molar-refractivity contribution is 5.94. The molecule has 0 aliphatic carbocycles. The van der Waals surface area contributed by atoms with Crippen LogP contribution in [0, 0.1) is 11.6 Å². The second kappa shape index (κ2) is 8.53. The maximum absolute atomic E-state index is 14.0. The largest absolute Gasteiger partial charge is 0.338 e. The number of piperidine rings is 1. The molecule has 0 unspecified atom stereocenters. The molecule has 1 amide bonds. The second-order valence-corrected chi connectivity index (χ2v) is 8.02. The van der Waals surface area contributed by atoms with Crippen LogP contribution in [0.25, 0.3) is 11.2 Å². The number of fused-ring (bicyclic) bond motifs is 1. The topological polar surface area (TPSA) is 96.8 Å². The zero-order valence-corrected chi connectivity index (χ0v) is 17.5. The number of aromatic amines is 1. The van der Waals surface area contributed by atoms with Gasteiger partial charge in [-0.15, -0.1) is 5.10 Å². The van der Waals surface area contributed by atoms with Crippen LogP contribution in [0.1, 0.15) is 40.5 Å². The highest BCUT2D eigenvalue weighted by atomic mass is 19.1. The van der Waals surface area contributed by atoms with E-state index in [1.165, 1.54) is 11.0 Å². The van der Waals surface area contributed by atoms with Gasteiger partial charge in [0.2, 0.25) is 0 Å². The SMILES string of the molecule is O=C(c1c(F)cccc1F)N1CCC(c2nc3c(nnn3Cc3ccccc3)c(=O)[nH]2)CC1. The molecule has 4 aromatic rings. The van der Waals surface area contributed by atoms with E-state index >= 15 is 0 Å². The summed E-state index contributed by atoms with van der Waals surface area (Å²) < 4.78 is 29.6. The number of carbonyl (C=O) groups is 1. The number of rotatable bonds is 4. The summed E-state index contributed by atoms with van der Waals surface area (Å²) in [5.41, 5.74) is 0.642. The van der Waals surface area contributed by atoms with Gasteiger partial charge in [-0.3, -0.25) is 9.59 Å². The highest BCUT2D eigenvalue weighted by Gasteiger charge is 2.29. The average Bonchev–Trinajstić information content (AvgIpc) is 3.23. The lowest BCUT2D eigenvalue weighted by molar-refractivity contribution is 0.0701. The molecule has 1 N–H and O–H groups in total. The van der Waals surface area contributed by atoms with E-state index in [0.717, 1.165) is 17.7 Å². The third-order valence-electron chi connectivity index (χ3n) is 5.91. The third-order valence-corrected chi connectivity index (χ3v) is 5.91. The average molecular weight is 450 g/mol. The van der Waals surface area contributed by atoms with E-state index in [1.54, 1.807) is 4.68 Å². The Bertz CT molecular complexity index is 1360. The lowest BCUT2D eigenvalue weighted by atomic mass is 9.95. The van der Waals surface area contributed by atoms with Gasteiger partial charge in [-0.25, -0.2) is 18.4 Å². The van der Waals surface area contributed by atoms with Crippen LogP contribution in [0.4, 0.5) is 8.78 Å². The summed E-state index contributed by atoms with van der Waals surface area (Å²) in [5, 5.41) is 8.05. The van der Waals surface area contributed by atoms with Gasteiger partial charge < -0.3 is 9.88 Å². The molecule has 8 nitrogen and oxygen atoms in total. The first-order chi connectivity index (χ1) is 16.0. The van der Waals surface area contributed by atoms with Gasteiger partial charge in [-0.2, -0.15) is 0 Å². The quantitative estimate of drug-likeness (QED) is 0.516.